The number of amides is 2. The van der Waals surface area contributed by atoms with Crippen molar-refractivity contribution in [2.24, 2.45) is 0 Å². The summed E-state index contributed by atoms with van der Waals surface area (Å²) in [5, 5.41) is 7.57. The van der Waals surface area contributed by atoms with Crippen LogP contribution in [0, 0.1) is 0 Å². The van der Waals surface area contributed by atoms with Gasteiger partial charge >= 0.3 is 6.03 Å². The molecule has 126 valence electrons. The third-order valence-corrected chi connectivity index (χ3v) is 4.31. The Bertz CT molecular complexity index is 770. The summed E-state index contributed by atoms with van der Waals surface area (Å²) >= 11 is 0. The van der Waals surface area contributed by atoms with E-state index in [1.807, 2.05) is 42.5 Å². The van der Waals surface area contributed by atoms with Crippen LogP contribution in [0.5, 0.6) is 0 Å². The maximum absolute atomic E-state index is 12.0. The maximum Gasteiger partial charge on any atom is 0.319 e. The number of sulfone groups is 1. The Morgan fingerprint density at radius 2 is 1.78 bits per heavy atom. The molecule has 1 atom stereocenters. The van der Waals surface area contributed by atoms with Crippen molar-refractivity contribution in [3.05, 3.63) is 42.5 Å². The largest absolute Gasteiger partial charge is 0.335 e. The number of carbonyl (C=O) groups excluding carboxylic acids is 1. The van der Waals surface area contributed by atoms with Crippen LogP contribution >= 0.6 is 13.5 Å². The van der Waals surface area contributed by atoms with Crippen LogP contribution in [0.3, 0.4) is 0 Å². The first-order valence-electron chi connectivity index (χ1n) is 7.08. The van der Waals surface area contributed by atoms with Crippen molar-refractivity contribution in [1.82, 2.24) is 5.32 Å². The number of hydrogen-bond acceptors (Lipinski definition) is 3. The minimum absolute atomic E-state index is 0. The third kappa shape index (κ3) is 6.11. The zero-order valence-corrected chi connectivity index (χ0v) is 15.0. The van der Waals surface area contributed by atoms with Gasteiger partial charge in [0.05, 0.1) is 11.4 Å². The second-order valence-electron chi connectivity index (χ2n) is 5.44. The van der Waals surface area contributed by atoms with Gasteiger partial charge in [-0.25, -0.2) is 13.2 Å². The zero-order valence-electron chi connectivity index (χ0n) is 13.2. The lowest BCUT2D eigenvalue weighted by Gasteiger charge is -2.15. The van der Waals surface area contributed by atoms with E-state index in [0.29, 0.717) is 6.42 Å². The van der Waals surface area contributed by atoms with Gasteiger partial charge in [0.2, 0.25) is 0 Å². The molecular weight excluding hydrogens is 332 g/mol. The van der Waals surface area contributed by atoms with Crippen molar-refractivity contribution in [2.75, 3.05) is 17.3 Å². The first-order valence-corrected chi connectivity index (χ1v) is 9.14. The van der Waals surface area contributed by atoms with E-state index in [-0.39, 0.29) is 31.3 Å². The van der Waals surface area contributed by atoms with Gasteiger partial charge in [-0.1, -0.05) is 36.4 Å². The molecule has 5 nitrogen and oxygen atoms in total. The summed E-state index contributed by atoms with van der Waals surface area (Å²) in [6, 6.07) is 12.9. The molecule has 0 fully saturated rings. The number of nitrogens with one attached hydrogen (secondary N) is 2. The molecule has 2 aromatic rings. The van der Waals surface area contributed by atoms with Gasteiger partial charge in [0.1, 0.15) is 9.84 Å². The molecule has 0 radical (unpaired) electrons. The van der Waals surface area contributed by atoms with Crippen molar-refractivity contribution >= 4 is 45.8 Å². The second kappa shape index (κ2) is 8.21. The molecule has 0 heterocycles. The minimum Gasteiger partial charge on any atom is -0.335 e. The van der Waals surface area contributed by atoms with Crippen molar-refractivity contribution in [3.8, 4) is 0 Å². The normalized spacial score (nSPS) is 12.3. The molecule has 0 saturated carbocycles. The smallest absolute Gasteiger partial charge is 0.319 e. The summed E-state index contributed by atoms with van der Waals surface area (Å²) in [6.07, 6.45) is 1.58. The highest BCUT2D eigenvalue weighted by molar-refractivity contribution is 7.90. The minimum atomic E-state index is -3.01. The Morgan fingerprint density at radius 3 is 2.48 bits per heavy atom. The van der Waals surface area contributed by atoms with Crippen LogP contribution in [0.2, 0.25) is 0 Å². The number of rotatable bonds is 5. The number of benzene rings is 2. The summed E-state index contributed by atoms with van der Waals surface area (Å²) in [4.78, 5) is 12.0. The molecule has 0 aromatic heterocycles. The molecule has 0 spiro atoms. The van der Waals surface area contributed by atoms with E-state index in [9.17, 15) is 13.2 Å². The second-order valence-corrected chi connectivity index (χ2v) is 7.70. The lowest BCUT2D eigenvalue weighted by Crippen LogP contribution is -2.37. The molecular formula is C16H22N2O3S2. The molecule has 0 bridgehead atoms. The summed E-state index contributed by atoms with van der Waals surface area (Å²) in [5.74, 6) is 0.0582. The average molecular weight is 354 g/mol. The molecule has 2 N–H and O–H groups in total. The first kappa shape index (κ1) is 19.3. The van der Waals surface area contributed by atoms with Gasteiger partial charge in [-0.15, -0.1) is 0 Å². The van der Waals surface area contributed by atoms with Gasteiger partial charge < -0.3 is 10.6 Å². The number of urea groups is 1. The Balaban J connectivity index is 0.00000264. The highest BCUT2D eigenvalue weighted by atomic mass is 32.2. The molecule has 0 aliphatic rings. The fourth-order valence-corrected chi connectivity index (χ4v) is 2.96. The molecule has 2 rings (SSSR count). The number of carbonyl (C=O) groups is 1. The van der Waals surface area contributed by atoms with Crippen LogP contribution in [0.15, 0.2) is 42.5 Å². The van der Waals surface area contributed by atoms with Crippen molar-refractivity contribution in [3.63, 3.8) is 0 Å². The molecule has 23 heavy (non-hydrogen) atoms. The molecule has 7 heteroatoms. The molecule has 0 saturated heterocycles. The predicted molar refractivity (Wildman–Crippen MR) is 100 cm³/mol. The number of fused-ring (bicyclic) bond motifs is 1. The van der Waals surface area contributed by atoms with Gasteiger partial charge in [-0.2, -0.15) is 13.5 Å². The first-order chi connectivity index (χ1) is 10.3. The maximum atomic E-state index is 12.0. The lowest BCUT2D eigenvalue weighted by atomic mass is 10.1. The Kier molecular flexibility index (Phi) is 6.90. The van der Waals surface area contributed by atoms with Crippen LogP contribution in [-0.4, -0.2) is 32.5 Å². The highest BCUT2D eigenvalue weighted by Gasteiger charge is 2.11. The van der Waals surface area contributed by atoms with Gasteiger partial charge in [0.15, 0.2) is 0 Å². The van der Waals surface area contributed by atoms with E-state index in [4.69, 9.17) is 0 Å². The molecule has 2 amide bonds. The summed E-state index contributed by atoms with van der Waals surface area (Å²) in [6.45, 7) is 1.79. The highest BCUT2D eigenvalue weighted by Crippen LogP contribution is 2.22. The van der Waals surface area contributed by atoms with Gasteiger partial charge in [-0.3, -0.25) is 0 Å². The van der Waals surface area contributed by atoms with E-state index in [0.717, 1.165) is 16.5 Å². The van der Waals surface area contributed by atoms with E-state index < -0.39 is 9.84 Å². The van der Waals surface area contributed by atoms with Crippen molar-refractivity contribution in [2.45, 2.75) is 19.4 Å². The van der Waals surface area contributed by atoms with Crippen molar-refractivity contribution in [1.29, 1.82) is 0 Å². The molecule has 0 aliphatic carbocycles. The van der Waals surface area contributed by atoms with E-state index in [1.165, 1.54) is 6.26 Å². The lowest BCUT2D eigenvalue weighted by molar-refractivity contribution is 0.249. The quantitative estimate of drug-likeness (QED) is 0.867. The van der Waals surface area contributed by atoms with Crippen molar-refractivity contribution < 1.29 is 13.2 Å². The monoisotopic (exact) mass is 354 g/mol. The molecule has 0 aliphatic heterocycles. The van der Waals surface area contributed by atoms with Crippen LogP contribution < -0.4 is 10.6 Å². The molecule has 0 unspecified atom stereocenters. The summed E-state index contributed by atoms with van der Waals surface area (Å²) in [7, 11) is -3.01. The van der Waals surface area contributed by atoms with Gasteiger partial charge in [0, 0.05) is 17.7 Å². The van der Waals surface area contributed by atoms with E-state index >= 15 is 0 Å². The van der Waals surface area contributed by atoms with Crippen LogP contribution in [0.4, 0.5) is 10.5 Å². The van der Waals surface area contributed by atoms with Crippen LogP contribution in [-0.2, 0) is 9.84 Å². The topological polar surface area (TPSA) is 75.3 Å². The predicted octanol–water partition coefficient (Wildman–Crippen LogP) is 2.90. The number of hydrogen-bond donors (Lipinski definition) is 2. The van der Waals surface area contributed by atoms with Gasteiger partial charge in [-0.05, 0) is 24.8 Å². The van der Waals surface area contributed by atoms with E-state index in [2.05, 4.69) is 10.6 Å². The number of anilines is 1. The van der Waals surface area contributed by atoms with Gasteiger partial charge in [0.25, 0.3) is 0 Å². The third-order valence-electron chi connectivity index (χ3n) is 3.34. The fourth-order valence-electron chi connectivity index (χ4n) is 2.18. The SMILES string of the molecule is C[C@@H](CCS(C)(=O)=O)NC(=O)Nc1cccc2ccccc12.S. The van der Waals surface area contributed by atoms with Crippen LogP contribution in [0.1, 0.15) is 13.3 Å². The standard InChI is InChI=1S/C16H20N2O3S.H2S/c1-12(10-11-22(2,20)21)17-16(19)18-15-9-5-7-13-6-3-4-8-14(13)15;/h3-9,12H,10-11H2,1-2H3,(H2,17,18,19);1H2/t12-;/m0./s1. The van der Waals surface area contributed by atoms with Crippen LogP contribution in [0.25, 0.3) is 10.8 Å². The summed E-state index contributed by atoms with van der Waals surface area (Å²) < 4.78 is 22.3. The zero-order chi connectivity index (χ0) is 16.2. The Labute approximate surface area is 143 Å². The average Bonchev–Trinajstić information content (AvgIpc) is 2.45. The van der Waals surface area contributed by atoms with E-state index in [1.54, 1.807) is 6.92 Å². The Morgan fingerprint density at radius 1 is 1.13 bits per heavy atom. The summed E-state index contributed by atoms with van der Waals surface area (Å²) in [5.41, 5.74) is 0.728. The fraction of sp³-hybridized carbons (Fsp3) is 0.312. The molecule has 2 aromatic carbocycles. The Hall–Kier alpha value is -1.73.